The van der Waals surface area contributed by atoms with Crippen LogP contribution in [0.25, 0.3) is 22.0 Å². The number of fused-ring (bicyclic) bond motifs is 4. The van der Waals surface area contributed by atoms with Gasteiger partial charge in [-0.1, -0.05) is 24.3 Å². The zero-order valence-corrected chi connectivity index (χ0v) is 21.0. The van der Waals surface area contributed by atoms with Crippen molar-refractivity contribution in [2.45, 2.75) is 52.0 Å². The van der Waals surface area contributed by atoms with E-state index in [1.807, 2.05) is 4.90 Å². The molecule has 192 valence electrons. The summed E-state index contributed by atoms with van der Waals surface area (Å²) in [5, 5.41) is 1.32. The Labute approximate surface area is 209 Å². The molecule has 0 bridgehead atoms. The van der Waals surface area contributed by atoms with Crippen LogP contribution in [0.2, 0.25) is 0 Å². The van der Waals surface area contributed by atoms with Crippen molar-refractivity contribution in [3.05, 3.63) is 65.4 Å². The molecule has 1 fully saturated rings. The molecule has 5 nitrogen and oxygen atoms in total. The third-order valence-corrected chi connectivity index (χ3v) is 6.99. The molecule has 1 unspecified atom stereocenters. The number of H-pyrrole nitrogens is 1. The van der Waals surface area contributed by atoms with Gasteiger partial charge in [0.1, 0.15) is 11.2 Å². The fourth-order valence-corrected chi connectivity index (χ4v) is 5.23. The lowest BCUT2D eigenvalue weighted by Crippen LogP contribution is -2.46. The number of oxazole rings is 1. The molecular formula is C28H33F3N4O. The topological polar surface area (TPSA) is 48.3 Å². The Balaban J connectivity index is 0.000000149. The lowest BCUT2D eigenvalue weighted by molar-refractivity contribution is 0.0660. The molecule has 2 aliphatic heterocycles. The molecule has 0 radical (unpaired) electrons. The molecule has 4 heterocycles. The summed E-state index contributed by atoms with van der Waals surface area (Å²) in [4.78, 5) is 12.0. The van der Waals surface area contributed by atoms with Crippen molar-refractivity contribution in [3.8, 4) is 0 Å². The molecule has 0 aliphatic carbocycles. The van der Waals surface area contributed by atoms with Gasteiger partial charge in [0.2, 0.25) is 5.89 Å². The minimum atomic E-state index is -1.14. The number of halogens is 3. The van der Waals surface area contributed by atoms with Gasteiger partial charge in [-0.15, -0.1) is 0 Å². The number of hydrogen-bond donors (Lipinski definition) is 1. The molecule has 1 saturated heterocycles. The second-order valence-corrected chi connectivity index (χ2v) is 10.7. The molecule has 36 heavy (non-hydrogen) atoms. The van der Waals surface area contributed by atoms with Gasteiger partial charge in [-0.3, -0.25) is 14.2 Å². The SMILES string of the molecule is CC1Cc2c([nH]c3ccccc23)CN1CC(C)(C)F.FCC1CN(Cc2nc3cccc(F)c3o2)C1. The third kappa shape index (κ3) is 5.30. The molecule has 0 saturated carbocycles. The first-order valence-electron chi connectivity index (χ1n) is 12.5. The van der Waals surface area contributed by atoms with Gasteiger partial charge < -0.3 is 9.40 Å². The summed E-state index contributed by atoms with van der Waals surface area (Å²) in [6, 6.07) is 13.5. The lowest BCUT2D eigenvalue weighted by Gasteiger charge is -2.36. The fraction of sp³-hybridized carbons (Fsp3) is 0.464. The zero-order valence-electron chi connectivity index (χ0n) is 21.0. The highest BCUT2D eigenvalue weighted by Crippen LogP contribution is 2.31. The Kier molecular flexibility index (Phi) is 6.83. The molecular weight excluding hydrogens is 465 g/mol. The predicted octanol–water partition coefficient (Wildman–Crippen LogP) is 6.03. The van der Waals surface area contributed by atoms with E-state index in [1.165, 1.54) is 28.2 Å². The molecule has 8 heteroatoms. The third-order valence-electron chi connectivity index (χ3n) is 6.99. The summed E-state index contributed by atoms with van der Waals surface area (Å²) in [5.41, 5.74) is 3.45. The molecule has 2 aromatic carbocycles. The molecule has 2 aromatic heterocycles. The van der Waals surface area contributed by atoms with Crippen LogP contribution >= 0.6 is 0 Å². The van der Waals surface area contributed by atoms with Crippen LogP contribution in [0.15, 0.2) is 46.9 Å². The quantitative estimate of drug-likeness (QED) is 0.365. The van der Waals surface area contributed by atoms with Gasteiger partial charge in [0.15, 0.2) is 11.4 Å². The standard InChI is InChI=1S/C16H21FN2.C12H12F2N2O/c1-11-8-13-12-6-4-5-7-14(12)18-15(13)9-19(11)10-16(2,3)17;13-4-8-5-16(6-8)7-11-15-10-3-1-2-9(14)12(10)17-11/h4-7,11,18H,8-10H2,1-3H3;1-3,8H,4-7H2. The summed E-state index contributed by atoms with van der Waals surface area (Å²) < 4.78 is 44.8. The second-order valence-electron chi connectivity index (χ2n) is 10.7. The number of rotatable bonds is 5. The van der Waals surface area contributed by atoms with Crippen molar-refractivity contribution in [2.24, 2.45) is 5.92 Å². The molecule has 1 atom stereocenters. The Morgan fingerprint density at radius 3 is 2.64 bits per heavy atom. The largest absolute Gasteiger partial charge is 0.436 e. The first-order chi connectivity index (χ1) is 17.2. The number of aromatic nitrogens is 2. The van der Waals surface area contributed by atoms with Gasteiger partial charge in [-0.05, 0) is 51.0 Å². The van der Waals surface area contributed by atoms with Crippen LogP contribution in [0, 0.1) is 11.7 Å². The highest BCUT2D eigenvalue weighted by molar-refractivity contribution is 5.84. The summed E-state index contributed by atoms with van der Waals surface area (Å²) >= 11 is 0. The minimum absolute atomic E-state index is 0.135. The van der Waals surface area contributed by atoms with Crippen LogP contribution in [0.1, 0.15) is 37.9 Å². The van der Waals surface area contributed by atoms with Gasteiger partial charge in [-0.25, -0.2) is 13.8 Å². The Hall–Kier alpha value is -2.84. The van der Waals surface area contributed by atoms with Gasteiger partial charge in [0, 0.05) is 54.7 Å². The highest BCUT2D eigenvalue weighted by Gasteiger charge is 2.30. The van der Waals surface area contributed by atoms with Crippen LogP contribution in [0.5, 0.6) is 0 Å². The maximum atomic E-state index is 13.9. The average Bonchev–Trinajstić information content (AvgIpc) is 3.37. The van der Waals surface area contributed by atoms with Crippen LogP contribution < -0.4 is 0 Å². The molecule has 0 spiro atoms. The van der Waals surface area contributed by atoms with Crippen molar-refractivity contribution >= 4 is 22.0 Å². The van der Waals surface area contributed by atoms with Crippen LogP contribution in [-0.2, 0) is 19.5 Å². The van der Waals surface area contributed by atoms with E-state index >= 15 is 0 Å². The minimum Gasteiger partial charge on any atom is -0.436 e. The van der Waals surface area contributed by atoms with Crippen LogP contribution in [-0.4, -0.2) is 57.8 Å². The number of aromatic amines is 1. The van der Waals surface area contributed by atoms with Crippen molar-refractivity contribution < 1.29 is 17.6 Å². The van der Waals surface area contributed by atoms with E-state index in [1.54, 1.807) is 26.0 Å². The molecule has 1 N–H and O–H groups in total. The molecule has 2 aliphatic rings. The number of para-hydroxylation sites is 2. The summed E-state index contributed by atoms with van der Waals surface area (Å²) in [6.07, 6.45) is 0.995. The lowest BCUT2D eigenvalue weighted by atomic mass is 9.96. The van der Waals surface area contributed by atoms with E-state index in [0.29, 0.717) is 30.5 Å². The van der Waals surface area contributed by atoms with E-state index in [0.717, 1.165) is 26.1 Å². The fourth-order valence-electron chi connectivity index (χ4n) is 5.23. The van der Waals surface area contributed by atoms with Crippen molar-refractivity contribution in [1.29, 1.82) is 0 Å². The van der Waals surface area contributed by atoms with Crippen molar-refractivity contribution in [2.75, 3.05) is 26.3 Å². The zero-order chi connectivity index (χ0) is 25.4. The average molecular weight is 499 g/mol. The normalized spacial score (nSPS) is 19.2. The van der Waals surface area contributed by atoms with Gasteiger partial charge in [0.05, 0.1) is 13.2 Å². The van der Waals surface area contributed by atoms with Gasteiger partial charge >= 0.3 is 0 Å². The van der Waals surface area contributed by atoms with E-state index < -0.39 is 11.5 Å². The molecule has 4 aromatic rings. The first-order valence-corrected chi connectivity index (χ1v) is 12.5. The number of nitrogens with zero attached hydrogens (tertiary/aromatic N) is 3. The first kappa shape index (κ1) is 24.8. The van der Waals surface area contributed by atoms with Gasteiger partial charge in [-0.2, -0.15) is 0 Å². The predicted molar refractivity (Wildman–Crippen MR) is 136 cm³/mol. The molecule has 6 rings (SSSR count). The van der Waals surface area contributed by atoms with Crippen molar-refractivity contribution in [3.63, 3.8) is 0 Å². The summed E-state index contributed by atoms with van der Waals surface area (Å²) in [5.74, 6) is 0.227. The second kappa shape index (κ2) is 9.90. The number of benzene rings is 2. The number of likely N-dealkylation sites (tertiary alicyclic amines) is 1. The van der Waals surface area contributed by atoms with Crippen LogP contribution in [0.4, 0.5) is 13.2 Å². The van der Waals surface area contributed by atoms with E-state index in [-0.39, 0.29) is 18.2 Å². The smallest absolute Gasteiger partial charge is 0.209 e. The number of hydrogen-bond acceptors (Lipinski definition) is 4. The van der Waals surface area contributed by atoms with Gasteiger partial charge in [0.25, 0.3) is 0 Å². The highest BCUT2D eigenvalue weighted by atomic mass is 19.1. The Morgan fingerprint density at radius 1 is 1.14 bits per heavy atom. The van der Waals surface area contributed by atoms with E-state index in [4.69, 9.17) is 4.42 Å². The maximum Gasteiger partial charge on any atom is 0.209 e. The van der Waals surface area contributed by atoms with E-state index in [9.17, 15) is 13.2 Å². The monoisotopic (exact) mass is 498 g/mol. The van der Waals surface area contributed by atoms with Crippen LogP contribution in [0.3, 0.4) is 0 Å². The summed E-state index contributed by atoms with van der Waals surface area (Å²) in [6.45, 7) is 8.48. The van der Waals surface area contributed by atoms with E-state index in [2.05, 4.69) is 46.1 Å². The summed E-state index contributed by atoms with van der Waals surface area (Å²) in [7, 11) is 0. The molecule has 0 amide bonds. The Morgan fingerprint density at radius 2 is 1.92 bits per heavy atom. The number of alkyl halides is 2. The maximum absolute atomic E-state index is 13.9. The van der Waals surface area contributed by atoms with Crippen molar-refractivity contribution in [1.82, 2.24) is 19.8 Å². The Bertz CT molecular complexity index is 1340. The number of nitrogens with one attached hydrogen (secondary N) is 1.